The van der Waals surface area contributed by atoms with E-state index in [1.807, 2.05) is 19.1 Å². The second kappa shape index (κ2) is 61.6. The van der Waals surface area contributed by atoms with E-state index in [0.29, 0.717) is 87.0 Å². The molecule has 41 nitrogen and oxygen atoms in total. The fourth-order valence-corrected chi connectivity index (χ4v) is 14.9. The summed E-state index contributed by atoms with van der Waals surface area (Å²) in [5.74, 6) is -8.59. The van der Waals surface area contributed by atoms with Crippen LogP contribution in [0.2, 0.25) is 0 Å². The Labute approximate surface area is 749 Å². The van der Waals surface area contributed by atoms with Crippen molar-refractivity contribution >= 4 is 132 Å². The predicted octanol–water partition coefficient (Wildman–Crippen LogP) is 2.45. The molecular weight excluding hydrogens is 1710 g/mol. The second-order valence-corrected chi connectivity index (χ2v) is 32.8. The number of pyridine rings is 1. The summed E-state index contributed by atoms with van der Waals surface area (Å²) in [6, 6.07) is 13.4. The van der Waals surface area contributed by atoms with Gasteiger partial charge in [-0.15, -0.1) is 11.8 Å². The van der Waals surface area contributed by atoms with Gasteiger partial charge in [0.05, 0.1) is 70.4 Å². The number of nitrogens with one attached hydrogen (secondary N) is 14. The number of carbonyl (C=O) groups is 15. The molecule has 128 heavy (non-hydrogen) atoms. The predicted molar refractivity (Wildman–Crippen MR) is 475 cm³/mol. The summed E-state index contributed by atoms with van der Waals surface area (Å²) in [6.45, 7) is 5.57. The van der Waals surface area contributed by atoms with Crippen molar-refractivity contribution in [3.63, 3.8) is 0 Å². The maximum Gasteiger partial charge on any atom is 0.323 e. The van der Waals surface area contributed by atoms with E-state index < -0.39 is 96.3 Å². The van der Waals surface area contributed by atoms with Crippen molar-refractivity contribution in [2.75, 3.05) is 122 Å². The van der Waals surface area contributed by atoms with Crippen LogP contribution in [0.25, 0.3) is 6.08 Å². The first-order valence-electron chi connectivity index (χ1n) is 43.3. The normalized spacial score (nSPS) is 14.9. The van der Waals surface area contributed by atoms with Gasteiger partial charge in [0.1, 0.15) is 23.7 Å². The van der Waals surface area contributed by atoms with E-state index in [1.165, 1.54) is 24.8 Å². The van der Waals surface area contributed by atoms with Crippen LogP contribution < -0.4 is 74.9 Å². The number of aliphatic carboxylic acids is 1. The Morgan fingerprint density at radius 2 is 1.16 bits per heavy atom. The molecule has 2 aromatic carbocycles. The Morgan fingerprint density at radius 3 is 1.76 bits per heavy atom. The summed E-state index contributed by atoms with van der Waals surface area (Å²) in [5.41, 5.74) is 7.40. The number of likely N-dealkylation sites (tertiary alicyclic amines) is 1. The van der Waals surface area contributed by atoms with Gasteiger partial charge in [-0.25, -0.2) is 4.79 Å². The first-order chi connectivity index (χ1) is 61.4. The van der Waals surface area contributed by atoms with Crippen molar-refractivity contribution < 1.29 is 115 Å². The molecule has 43 heteroatoms. The highest BCUT2D eigenvalue weighted by Gasteiger charge is 2.43. The summed E-state index contributed by atoms with van der Waals surface area (Å²) in [6.07, 6.45) is 10.7. The molecule has 3 unspecified atom stereocenters. The first-order valence-corrected chi connectivity index (χ1v) is 45.6. The van der Waals surface area contributed by atoms with Gasteiger partial charge < -0.3 is 109 Å². The largest absolute Gasteiger partial charge is 0.481 e. The molecule has 1 aliphatic heterocycles. The van der Waals surface area contributed by atoms with Crippen molar-refractivity contribution in [1.29, 1.82) is 5.41 Å². The van der Waals surface area contributed by atoms with Crippen molar-refractivity contribution in [1.82, 2.24) is 68.4 Å². The number of aryl methyl sites for hydroxylation is 1. The molecule has 2 aliphatic rings. The summed E-state index contributed by atoms with van der Waals surface area (Å²) in [5, 5.41) is 62.8. The number of nitrogens with two attached hydrogens (primary N) is 1. The zero-order chi connectivity index (χ0) is 93.3. The number of urea groups is 1. The van der Waals surface area contributed by atoms with E-state index >= 15 is 0 Å². The van der Waals surface area contributed by atoms with Gasteiger partial charge in [0, 0.05) is 140 Å². The number of aliphatic hydroxyl groups is 1. The van der Waals surface area contributed by atoms with E-state index in [0.717, 1.165) is 22.4 Å². The maximum atomic E-state index is 14.4. The fourth-order valence-electron chi connectivity index (χ4n) is 13.3. The van der Waals surface area contributed by atoms with Gasteiger partial charge in [0.15, 0.2) is 5.79 Å². The summed E-state index contributed by atoms with van der Waals surface area (Å²) < 4.78 is 37.6. The van der Waals surface area contributed by atoms with Crippen LogP contribution in [-0.2, 0) is 102 Å². The van der Waals surface area contributed by atoms with E-state index in [-0.39, 0.29) is 236 Å². The number of hydrogen-bond acceptors (Lipinski definition) is 25. The number of thioether (sulfide) groups is 1. The summed E-state index contributed by atoms with van der Waals surface area (Å²) >= 11 is 1.30. The van der Waals surface area contributed by atoms with Gasteiger partial charge >= 0.3 is 20.3 Å². The quantitative estimate of drug-likeness (QED) is 0.00734. The minimum absolute atomic E-state index is 0.000618. The Morgan fingerprint density at radius 1 is 0.609 bits per heavy atom. The van der Waals surface area contributed by atoms with Crippen LogP contribution in [-0.4, -0.2) is 265 Å². The number of para-hydroxylation sites is 1. The van der Waals surface area contributed by atoms with Crippen LogP contribution in [0, 0.1) is 12.3 Å². The SMILES string of the molecule is Cc1ccccc1NC(=O)Nc1ccc(CC(=O)N[C@@H](CCCCNC(=O)/C=C/c2cccnc2)C(=O)N[C@@H](CCCC(=O)O)C(=O)NC2(C(=O)NCCOCCOCCNC(=O)CCC(=O)NCCOCCOCCNC(=O)CCC(=O)N[C@@H](CCCCNC(=O)CCN3C(=O)CC(SCCCC(=N)NCCCC(C)(O)O[PH](=O)O)C3=O)C(N)=O)CCCCC2)cc1. The number of carboxylic acid groups (broad SMARTS) is 1. The Kier molecular flexibility index (Phi) is 51.8. The van der Waals surface area contributed by atoms with Crippen LogP contribution >= 0.6 is 20.0 Å². The Balaban J connectivity index is 0.876. The molecular formula is C85H128N17O24PS. The lowest BCUT2D eigenvalue weighted by molar-refractivity contribution is -0.139. The van der Waals surface area contributed by atoms with Crippen molar-refractivity contribution in [2.24, 2.45) is 5.73 Å². The first kappa shape index (κ1) is 108. The molecule has 1 aliphatic carbocycles. The molecule has 0 radical (unpaired) electrons. The summed E-state index contributed by atoms with van der Waals surface area (Å²) in [7, 11) is -3.30. The lowest BCUT2D eigenvalue weighted by Crippen LogP contribution is -2.63. The molecule has 2 heterocycles. The third-order valence-electron chi connectivity index (χ3n) is 20.2. The van der Waals surface area contributed by atoms with Crippen molar-refractivity contribution in [2.45, 2.75) is 209 Å². The third-order valence-corrected chi connectivity index (χ3v) is 22.1. The Hall–Kier alpha value is -10.8. The lowest BCUT2D eigenvalue weighted by atomic mass is 9.80. The molecule has 1 aromatic heterocycles. The number of primary amides is 1. The molecule has 6 atom stereocenters. The van der Waals surface area contributed by atoms with Crippen LogP contribution in [0.3, 0.4) is 0 Å². The third kappa shape index (κ3) is 46.8. The van der Waals surface area contributed by atoms with Gasteiger partial charge in [-0.05, 0) is 144 Å². The number of nitrogens with zero attached hydrogens (tertiary/aromatic N) is 2. The molecule has 708 valence electrons. The highest BCUT2D eigenvalue weighted by molar-refractivity contribution is 8.00. The monoisotopic (exact) mass is 1830 g/mol. The molecule has 3 aromatic rings. The molecule has 1 saturated carbocycles. The van der Waals surface area contributed by atoms with Crippen LogP contribution in [0.1, 0.15) is 178 Å². The molecule has 2 fully saturated rings. The van der Waals surface area contributed by atoms with Gasteiger partial charge in [0.25, 0.3) is 0 Å². The molecule has 0 spiro atoms. The van der Waals surface area contributed by atoms with Gasteiger partial charge in [-0.2, -0.15) is 0 Å². The van der Waals surface area contributed by atoms with Crippen molar-refractivity contribution in [3.8, 4) is 0 Å². The van der Waals surface area contributed by atoms with E-state index in [1.54, 1.807) is 67.0 Å². The molecule has 1 saturated heterocycles. The molecule has 19 N–H and O–H groups in total. The number of ether oxygens (including phenoxy) is 4. The number of amidine groups is 1. The topological polar surface area (TPSA) is 602 Å². The number of benzene rings is 2. The number of anilines is 2. The zero-order valence-electron chi connectivity index (χ0n) is 72.9. The van der Waals surface area contributed by atoms with E-state index in [2.05, 4.69) is 78.6 Å². The van der Waals surface area contributed by atoms with E-state index in [9.17, 15) is 86.7 Å². The molecule has 15 amide bonds. The average Bonchev–Trinajstić information content (AvgIpc) is 1.31. The van der Waals surface area contributed by atoms with E-state index in [4.69, 9.17) is 35.0 Å². The smallest absolute Gasteiger partial charge is 0.323 e. The number of rotatable bonds is 66. The number of amides is 15. The molecule has 5 rings (SSSR count). The number of hydrogen-bond donors (Lipinski definition) is 18. The van der Waals surface area contributed by atoms with Gasteiger partial charge in [0.2, 0.25) is 76.8 Å². The number of carbonyl (C=O) groups excluding carboxylic acids is 14. The zero-order valence-corrected chi connectivity index (χ0v) is 74.7. The van der Waals surface area contributed by atoms with Crippen LogP contribution in [0.5, 0.6) is 0 Å². The fraction of sp³-hybridized carbons (Fsp3) is 0.588. The minimum Gasteiger partial charge on any atom is -0.481 e. The number of unbranched alkanes of at least 4 members (excludes halogenated alkanes) is 2. The van der Waals surface area contributed by atoms with Crippen LogP contribution in [0.4, 0.5) is 16.2 Å². The number of imide groups is 1. The number of carboxylic acids is 1. The lowest BCUT2D eigenvalue weighted by Gasteiger charge is -2.38. The van der Waals surface area contributed by atoms with Crippen molar-refractivity contribution in [3.05, 3.63) is 95.8 Å². The van der Waals surface area contributed by atoms with Crippen LogP contribution in [0.15, 0.2) is 79.1 Å². The minimum atomic E-state index is -3.30. The van der Waals surface area contributed by atoms with Gasteiger partial charge in [-0.1, -0.05) is 55.7 Å². The highest BCUT2D eigenvalue weighted by atomic mass is 32.2. The maximum absolute atomic E-state index is 14.4. The number of aromatic nitrogens is 1. The average molecular weight is 1840 g/mol. The highest BCUT2D eigenvalue weighted by Crippen LogP contribution is 2.31. The van der Waals surface area contributed by atoms with Gasteiger partial charge in [-0.3, -0.25) is 91.5 Å². The molecule has 0 bridgehead atoms. The second-order valence-electron chi connectivity index (χ2n) is 30.7. The standard InChI is InChI=1S/C85H128N17O24PS/c1-59-16-4-5-18-63(59)100-83(118)96-62-27-24-60(25-28-62)56-75(109)98-65(20-7-11-39-90-69(103)29-26-61-17-13-38-88-58-61)79(114)99-66(21-12-23-77(111)112)80(115)101-85(36-8-3-9-37-85)82(117)95-45-50-125-54-53-124-48-43-93-71(105)31-30-70(104)92-42-47-122-51-52-123-49-44-94-72(106)32-33-74(108)97-64(78(87)113)19-6-10-40-91-73(107)34-46-102-76(110)57-67(81(102)116)128-55-14-22-68(86)89-41-15-35-84(2,119)126-127(120)121/h4-5,13,16-18,24-29,38,58,64-67,119,127H,3,6-12,14-15,19-23,30-37,39-57H2,1-2H3,(H2,86,89)(H2,87,113)(H,90,103)(H,91,107)(H,92,104)(H,93,105)(H,94,106)(H,95,117)(H,97,108)(H,98,109)(H,99,114)(H,101,115)(H,111,112)(H,120,121)(H2,96,100,118)/b29-26+/t64-,65-,66-,67?,84?/m0/s1. The Bertz CT molecular complexity index is 4130. The summed E-state index contributed by atoms with van der Waals surface area (Å²) in [4.78, 5) is 208.